The third-order valence-electron chi connectivity index (χ3n) is 5.71. The Morgan fingerprint density at radius 1 is 1.18 bits per heavy atom. The van der Waals surface area contributed by atoms with Crippen molar-refractivity contribution in [2.75, 3.05) is 13.2 Å². The van der Waals surface area contributed by atoms with Gasteiger partial charge in [-0.1, -0.05) is 29.5 Å². The molecule has 1 aliphatic rings. The molecule has 0 aliphatic carbocycles. The van der Waals surface area contributed by atoms with E-state index >= 15 is 0 Å². The first-order valence-corrected chi connectivity index (χ1v) is 15.2. The smallest absolute Gasteiger partial charge is 0.338 e. The van der Waals surface area contributed by atoms with Crippen molar-refractivity contribution >= 4 is 68.6 Å². The number of aromatic nitrogens is 1. The van der Waals surface area contributed by atoms with E-state index in [4.69, 9.17) is 14.2 Å². The van der Waals surface area contributed by atoms with Crippen LogP contribution in [0.2, 0.25) is 0 Å². The first kappa shape index (κ1) is 28.8. The summed E-state index contributed by atoms with van der Waals surface area (Å²) in [6.07, 6.45) is 1.75. The van der Waals surface area contributed by atoms with Gasteiger partial charge in [0.1, 0.15) is 17.5 Å². The number of nitrogens with zero attached hydrogens (tertiary/aromatic N) is 2. The number of para-hydroxylation sites is 1. The molecule has 0 unspecified atom stereocenters. The topological polar surface area (TPSA) is 79.1 Å². The molecular weight excluding hydrogens is 730 g/mol. The highest BCUT2D eigenvalue weighted by Gasteiger charge is 2.35. The number of esters is 1. The number of carbonyl (C=O) groups is 1. The number of carbonyl (C=O) groups excluding carboxylic acids is 1. The van der Waals surface area contributed by atoms with Crippen LogP contribution in [0.1, 0.15) is 51.8 Å². The molecule has 1 atom stereocenters. The van der Waals surface area contributed by atoms with Gasteiger partial charge < -0.3 is 14.2 Å². The minimum absolute atomic E-state index is 0.0943. The number of thiazole rings is 1. The van der Waals surface area contributed by atoms with Crippen molar-refractivity contribution in [3.8, 4) is 11.5 Å². The first-order chi connectivity index (χ1) is 18.2. The van der Waals surface area contributed by atoms with Crippen molar-refractivity contribution in [3.63, 3.8) is 0 Å². The van der Waals surface area contributed by atoms with Crippen LogP contribution in [0.3, 0.4) is 0 Å². The molecule has 4 rings (SSSR count). The second-order valence-electron chi connectivity index (χ2n) is 8.75. The van der Waals surface area contributed by atoms with Crippen LogP contribution in [-0.4, -0.2) is 29.9 Å². The Morgan fingerprint density at radius 2 is 1.92 bits per heavy atom. The third kappa shape index (κ3) is 5.86. The zero-order chi connectivity index (χ0) is 27.6. The van der Waals surface area contributed by atoms with Gasteiger partial charge in [0, 0.05) is 14.7 Å². The number of allylic oxidation sites excluding steroid dienone is 1. The highest BCUT2D eigenvalue weighted by Crippen LogP contribution is 2.36. The zero-order valence-corrected chi connectivity index (χ0v) is 26.8. The zero-order valence-electron chi connectivity index (χ0n) is 21.7. The summed E-state index contributed by atoms with van der Waals surface area (Å²) in [6, 6.07) is 10.8. The molecule has 38 heavy (non-hydrogen) atoms. The van der Waals surface area contributed by atoms with Crippen molar-refractivity contribution in [2.45, 2.75) is 46.8 Å². The van der Waals surface area contributed by atoms with Crippen LogP contribution in [0.4, 0.5) is 0 Å². The molecule has 10 heteroatoms. The molecule has 0 saturated carbocycles. The van der Waals surface area contributed by atoms with Gasteiger partial charge in [-0.3, -0.25) is 9.36 Å². The van der Waals surface area contributed by atoms with E-state index in [9.17, 15) is 9.59 Å². The lowest BCUT2D eigenvalue weighted by molar-refractivity contribution is -0.139. The predicted molar refractivity (Wildman–Crippen MR) is 166 cm³/mol. The van der Waals surface area contributed by atoms with Gasteiger partial charge in [0.25, 0.3) is 5.56 Å². The van der Waals surface area contributed by atoms with Gasteiger partial charge in [-0.25, -0.2) is 9.79 Å². The third-order valence-corrected chi connectivity index (χ3v) is 8.11. The molecule has 200 valence electrons. The largest absolute Gasteiger partial charge is 0.492 e. The summed E-state index contributed by atoms with van der Waals surface area (Å²) < 4.78 is 21.5. The quantitative estimate of drug-likeness (QED) is 0.234. The van der Waals surface area contributed by atoms with E-state index in [2.05, 4.69) is 50.2 Å². The number of fused-ring (bicyclic) bond motifs is 1. The van der Waals surface area contributed by atoms with Gasteiger partial charge in [-0.05, 0) is 104 Å². The first-order valence-electron chi connectivity index (χ1n) is 12.2. The van der Waals surface area contributed by atoms with Crippen LogP contribution in [0, 0.1) is 7.14 Å². The maximum atomic E-state index is 14.0. The van der Waals surface area contributed by atoms with E-state index in [1.165, 1.54) is 11.3 Å². The van der Waals surface area contributed by atoms with Crippen LogP contribution >= 0.6 is 56.5 Å². The molecule has 2 aromatic carbocycles. The van der Waals surface area contributed by atoms with E-state index in [-0.39, 0.29) is 18.3 Å². The molecule has 3 aromatic rings. The summed E-state index contributed by atoms with van der Waals surface area (Å²) in [4.78, 5) is 32.4. The van der Waals surface area contributed by atoms with Crippen LogP contribution in [0.25, 0.3) is 6.08 Å². The number of rotatable bonds is 8. The lowest BCUT2D eigenvalue weighted by Crippen LogP contribution is -2.40. The van der Waals surface area contributed by atoms with Gasteiger partial charge in [0.05, 0.1) is 38.7 Å². The highest BCUT2D eigenvalue weighted by molar-refractivity contribution is 14.1. The Bertz CT molecular complexity index is 1590. The van der Waals surface area contributed by atoms with Gasteiger partial charge >= 0.3 is 5.97 Å². The average Bonchev–Trinajstić information content (AvgIpc) is 3.15. The number of halogens is 2. The molecule has 0 saturated heterocycles. The van der Waals surface area contributed by atoms with Gasteiger partial charge in [0.15, 0.2) is 4.80 Å². The molecule has 2 heterocycles. The molecule has 0 N–H and O–H groups in total. The summed E-state index contributed by atoms with van der Waals surface area (Å²) in [6.45, 7) is 10.1. The number of hydrogen-bond donors (Lipinski definition) is 0. The fraction of sp³-hybridized carbons (Fsp3) is 0.321. The van der Waals surface area contributed by atoms with E-state index in [1.807, 2.05) is 63.2 Å². The number of ether oxygens (including phenoxy) is 3. The molecule has 1 aromatic heterocycles. The summed E-state index contributed by atoms with van der Waals surface area (Å²) in [5.41, 5.74) is 2.10. The molecule has 0 bridgehead atoms. The van der Waals surface area contributed by atoms with Crippen molar-refractivity contribution in [2.24, 2.45) is 4.99 Å². The summed E-state index contributed by atoms with van der Waals surface area (Å²) in [5.74, 6) is 0.831. The Labute approximate surface area is 252 Å². The van der Waals surface area contributed by atoms with Crippen LogP contribution < -0.4 is 24.4 Å². The van der Waals surface area contributed by atoms with Crippen molar-refractivity contribution in [3.05, 3.63) is 85.6 Å². The Balaban J connectivity index is 2.01. The Morgan fingerprint density at radius 3 is 2.61 bits per heavy atom. The number of hydrogen-bond acceptors (Lipinski definition) is 7. The standard InChI is InChI=1S/C28H28I2N2O5S/c1-6-35-25-17(12-18(29)14-20(25)30)13-22-26(33)32-24(19-10-8-9-11-21(19)37-15(3)4)23(27(34)36-7-2)16(5)31-28(32)38-22/h8-15,24H,6-7H2,1-5H3/b22-13-/t24-/m0/s1. The van der Waals surface area contributed by atoms with E-state index in [1.54, 1.807) is 18.4 Å². The van der Waals surface area contributed by atoms with Crippen molar-refractivity contribution in [1.29, 1.82) is 0 Å². The maximum absolute atomic E-state index is 14.0. The summed E-state index contributed by atoms with van der Waals surface area (Å²) >= 11 is 5.79. The number of benzene rings is 2. The molecule has 0 fully saturated rings. The Hall–Kier alpha value is -2.19. The predicted octanol–water partition coefficient (Wildman–Crippen LogP) is 5.19. The molecular formula is C28H28I2N2O5S. The minimum Gasteiger partial charge on any atom is -0.492 e. The molecule has 0 spiro atoms. The van der Waals surface area contributed by atoms with E-state index in [0.717, 1.165) is 18.5 Å². The molecule has 0 amide bonds. The Kier molecular flexibility index (Phi) is 9.35. The van der Waals surface area contributed by atoms with E-state index in [0.29, 0.717) is 38.5 Å². The fourth-order valence-electron chi connectivity index (χ4n) is 4.28. The molecule has 0 radical (unpaired) electrons. The summed E-state index contributed by atoms with van der Waals surface area (Å²) in [5, 5.41) is 0. The monoisotopic (exact) mass is 758 g/mol. The SMILES string of the molecule is CCOC(=O)C1=C(C)N=c2s/c(=C\c3cc(I)cc(I)c3OCC)c(=O)n2[C@H]1c1ccccc1OC(C)C. The van der Waals surface area contributed by atoms with Crippen molar-refractivity contribution in [1.82, 2.24) is 4.57 Å². The van der Waals surface area contributed by atoms with Gasteiger partial charge in [-0.2, -0.15) is 0 Å². The van der Waals surface area contributed by atoms with E-state index < -0.39 is 12.0 Å². The lowest BCUT2D eigenvalue weighted by atomic mass is 9.95. The molecule has 1 aliphatic heterocycles. The lowest BCUT2D eigenvalue weighted by Gasteiger charge is -2.26. The fourth-order valence-corrected chi connectivity index (χ4v) is 7.36. The van der Waals surface area contributed by atoms with Crippen LogP contribution in [-0.2, 0) is 9.53 Å². The van der Waals surface area contributed by atoms with Crippen molar-refractivity contribution < 1.29 is 19.0 Å². The normalized spacial score (nSPS) is 15.4. The van der Waals surface area contributed by atoms with Gasteiger partial charge in [-0.15, -0.1) is 0 Å². The maximum Gasteiger partial charge on any atom is 0.338 e. The van der Waals surface area contributed by atoms with Crippen LogP contribution in [0.5, 0.6) is 11.5 Å². The second-order valence-corrected chi connectivity index (χ2v) is 12.2. The average molecular weight is 758 g/mol. The minimum atomic E-state index is -0.746. The molecule has 7 nitrogen and oxygen atoms in total. The highest BCUT2D eigenvalue weighted by atomic mass is 127. The van der Waals surface area contributed by atoms with Crippen LogP contribution in [0.15, 0.2) is 57.5 Å². The second kappa shape index (κ2) is 12.3. The van der Waals surface area contributed by atoms with Gasteiger partial charge in [0.2, 0.25) is 0 Å². The summed E-state index contributed by atoms with van der Waals surface area (Å²) in [7, 11) is 0.